The molecular weight excluding hydrogens is 377 g/mol. The normalized spacial score (nSPS) is 19.2. The number of allylic oxidation sites excluding steroid dienone is 1. The molecule has 1 aromatic rings. The lowest BCUT2D eigenvalue weighted by molar-refractivity contribution is -0.136. The van der Waals surface area contributed by atoms with Crippen molar-refractivity contribution < 1.29 is 41.0 Å². The summed E-state index contributed by atoms with van der Waals surface area (Å²) in [6.07, 6.45) is -3.38. The molecule has 144 valence electrons. The maximum atomic E-state index is 14.1. The van der Waals surface area contributed by atoms with Gasteiger partial charge in [-0.2, -0.15) is 0 Å². The van der Waals surface area contributed by atoms with E-state index in [0.29, 0.717) is 6.07 Å². The molecule has 0 aromatic heterocycles. The van der Waals surface area contributed by atoms with Crippen molar-refractivity contribution in [2.45, 2.75) is 12.3 Å². The molecule has 0 spiro atoms. The third-order valence-electron chi connectivity index (χ3n) is 4.29. The van der Waals surface area contributed by atoms with Crippen molar-refractivity contribution in [1.29, 1.82) is 0 Å². The second-order valence-electron chi connectivity index (χ2n) is 5.74. The lowest BCUT2D eigenvalue weighted by atomic mass is 9.78. The van der Waals surface area contributed by atoms with E-state index in [-0.39, 0.29) is 29.6 Å². The van der Waals surface area contributed by atoms with Gasteiger partial charge in [0.2, 0.25) is 0 Å². The standard InChI is InChI=1S/C17H12F5NO4/c1-26-16(24)13-9(4-18)23-10-5-27-17(25)14(10)12(13)7-2-6(19)3-8(20)11(7)15(21)22/h2-3,12,15,23H,4-5H2,1H3. The van der Waals surface area contributed by atoms with Crippen LogP contribution in [0.4, 0.5) is 22.0 Å². The average molecular weight is 389 g/mol. The minimum atomic E-state index is -3.38. The van der Waals surface area contributed by atoms with Crippen LogP contribution in [0.2, 0.25) is 0 Å². The molecule has 1 N–H and O–H groups in total. The summed E-state index contributed by atoms with van der Waals surface area (Å²) in [5, 5.41) is 2.50. The first kappa shape index (κ1) is 18.9. The van der Waals surface area contributed by atoms with Crippen LogP contribution in [0.5, 0.6) is 0 Å². The molecule has 1 atom stereocenters. The predicted molar refractivity (Wildman–Crippen MR) is 80.2 cm³/mol. The Hall–Kier alpha value is -2.91. The van der Waals surface area contributed by atoms with Gasteiger partial charge in [0, 0.05) is 6.07 Å². The van der Waals surface area contributed by atoms with Gasteiger partial charge in [0.05, 0.1) is 41.1 Å². The molecule has 1 unspecified atom stereocenters. The summed E-state index contributed by atoms with van der Waals surface area (Å²) in [4.78, 5) is 24.4. The minimum absolute atomic E-state index is 0.0233. The summed E-state index contributed by atoms with van der Waals surface area (Å²) in [6, 6.07) is 0.835. The van der Waals surface area contributed by atoms with Gasteiger partial charge in [0.1, 0.15) is 24.9 Å². The number of alkyl halides is 3. The largest absolute Gasteiger partial charge is 0.466 e. The lowest BCUT2D eigenvalue weighted by Crippen LogP contribution is -2.32. The first-order valence-electron chi connectivity index (χ1n) is 7.61. The van der Waals surface area contributed by atoms with Gasteiger partial charge in [-0.05, 0) is 11.6 Å². The Morgan fingerprint density at radius 3 is 2.67 bits per heavy atom. The number of hydrogen-bond acceptors (Lipinski definition) is 5. The van der Waals surface area contributed by atoms with Crippen molar-refractivity contribution in [3.05, 3.63) is 57.4 Å². The van der Waals surface area contributed by atoms with Crippen molar-refractivity contribution in [3.63, 3.8) is 0 Å². The summed E-state index contributed by atoms with van der Waals surface area (Å²) in [5.74, 6) is -6.56. The number of esters is 2. The van der Waals surface area contributed by atoms with Crippen molar-refractivity contribution in [2.75, 3.05) is 20.4 Å². The van der Waals surface area contributed by atoms with E-state index in [4.69, 9.17) is 4.74 Å². The highest BCUT2D eigenvalue weighted by Crippen LogP contribution is 2.45. The van der Waals surface area contributed by atoms with Crippen molar-refractivity contribution >= 4 is 11.9 Å². The van der Waals surface area contributed by atoms with Crippen LogP contribution >= 0.6 is 0 Å². The Balaban J connectivity index is 2.35. The number of benzene rings is 1. The highest BCUT2D eigenvalue weighted by molar-refractivity contribution is 6.01. The molecule has 0 bridgehead atoms. The molecule has 0 radical (unpaired) electrons. The Morgan fingerprint density at radius 2 is 2.07 bits per heavy atom. The molecule has 1 aromatic carbocycles. The summed E-state index contributed by atoms with van der Waals surface area (Å²) in [7, 11) is 0.958. The van der Waals surface area contributed by atoms with E-state index in [1.54, 1.807) is 0 Å². The van der Waals surface area contributed by atoms with Crippen LogP contribution < -0.4 is 5.32 Å². The maximum Gasteiger partial charge on any atom is 0.337 e. The van der Waals surface area contributed by atoms with Crippen LogP contribution in [0.1, 0.15) is 23.5 Å². The molecule has 10 heteroatoms. The van der Waals surface area contributed by atoms with Crippen LogP contribution in [0.3, 0.4) is 0 Å². The molecule has 0 amide bonds. The maximum absolute atomic E-state index is 14.1. The SMILES string of the molecule is COC(=O)C1=C(CF)NC2=C(C(=O)OC2)C1c1cc(F)cc(F)c1C(F)F. The topological polar surface area (TPSA) is 64.6 Å². The number of ether oxygens (including phenoxy) is 2. The van der Waals surface area contributed by atoms with E-state index in [1.165, 1.54) is 0 Å². The van der Waals surface area contributed by atoms with Crippen molar-refractivity contribution in [1.82, 2.24) is 5.32 Å². The minimum Gasteiger partial charge on any atom is -0.466 e. The number of cyclic esters (lactones) is 1. The fourth-order valence-corrected chi connectivity index (χ4v) is 3.22. The van der Waals surface area contributed by atoms with Gasteiger partial charge in [0.15, 0.2) is 0 Å². The molecule has 3 rings (SSSR count). The number of dihydropyridines is 1. The van der Waals surface area contributed by atoms with Gasteiger partial charge >= 0.3 is 11.9 Å². The van der Waals surface area contributed by atoms with Gasteiger partial charge in [-0.25, -0.2) is 31.5 Å². The zero-order valence-electron chi connectivity index (χ0n) is 13.7. The van der Waals surface area contributed by atoms with Gasteiger partial charge in [-0.3, -0.25) is 0 Å². The van der Waals surface area contributed by atoms with Crippen LogP contribution in [0.15, 0.2) is 34.7 Å². The smallest absolute Gasteiger partial charge is 0.337 e. The molecule has 2 heterocycles. The Bertz CT molecular complexity index is 894. The number of nitrogens with one attached hydrogen (secondary N) is 1. The number of carbonyl (C=O) groups excluding carboxylic acids is 2. The Morgan fingerprint density at radius 1 is 1.37 bits per heavy atom. The third kappa shape index (κ3) is 3.04. The zero-order chi connectivity index (χ0) is 19.9. The van der Waals surface area contributed by atoms with Gasteiger partial charge in [-0.1, -0.05) is 0 Å². The average Bonchev–Trinajstić information content (AvgIpc) is 2.99. The highest BCUT2D eigenvalue weighted by Gasteiger charge is 2.44. The van der Waals surface area contributed by atoms with E-state index >= 15 is 0 Å². The number of methoxy groups -OCH3 is 1. The summed E-state index contributed by atoms with van der Waals surface area (Å²) in [6.45, 7) is -1.57. The van der Waals surface area contributed by atoms with Crippen molar-refractivity contribution in [3.8, 4) is 0 Å². The molecule has 27 heavy (non-hydrogen) atoms. The molecule has 0 fully saturated rings. The highest BCUT2D eigenvalue weighted by atomic mass is 19.3. The second kappa shape index (κ2) is 7.01. The Labute approximate surface area is 149 Å². The summed E-state index contributed by atoms with van der Waals surface area (Å²) in [5.41, 5.74) is -3.07. The van der Waals surface area contributed by atoms with E-state index in [2.05, 4.69) is 10.1 Å². The summed E-state index contributed by atoms with van der Waals surface area (Å²) < 4.78 is 77.8. The van der Waals surface area contributed by atoms with E-state index in [0.717, 1.165) is 7.11 Å². The van der Waals surface area contributed by atoms with Crippen LogP contribution in [0.25, 0.3) is 0 Å². The third-order valence-corrected chi connectivity index (χ3v) is 4.29. The summed E-state index contributed by atoms with van der Waals surface area (Å²) >= 11 is 0. The second-order valence-corrected chi connectivity index (χ2v) is 5.74. The monoisotopic (exact) mass is 389 g/mol. The van der Waals surface area contributed by atoms with Crippen LogP contribution in [-0.4, -0.2) is 32.3 Å². The quantitative estimate of drug-likeness (QED) is 0.634. The predicted octanol–water partition coefficient (Wildman–Crippen LogP) is 2.80. The zero-order valence-corrected chi connectivity index (χ0v) is 13.7. The van der Waals surface area contributed by atoms with Gasteiger partial charge in [0.25, 0.3) is 6.43 Å². The van der Waals surface area contributed by atoms with E-state index in [1.807, 2.05) is 0 Å². The molecule has 5 nitrogen and oxygen atoms in total. The molecule has 0 saturated carbocycles. The van der Waals surface area contributed by atoms with Crippen molar-refractivity contribution in [2.24, 2.45) is 0 Å². The molecule has 0 aliphatic carbocycles. The Kier molecular flexibility index (Phi) is 4.90. The van der Waals surface area contributed by atoms with Crippen LogP contribution in [0, 0.1) is 11.6 Å². The molecule has 2 aliphatic rings. The first-order valence-corrected chi connectivity index (χ1v) is 7.61. The van der Waals surface area contributed by atoms with Crippen LogP contribution in [-0.2, 0) is 19.1 Å². The van der Waals surface area contributed by atoms with E-state index in [9.17, 15) is 31.5 Å². The number of hydrogen-bond donors (Lipinski definition) is 1. The lowest BCUT2D eigenvalue weighted by Gasteiger charge is -2.29. The van der Waals surface area contributed by atoms with Gasteiger partial charge in [-0.15, -0.1) is 0 Å². The van der Waals surface area contributed by atoms with E-state index < -0.39 is 59.3 Å². The fraction of sp³-hybridized carbons (Fsp3) is 0.294. The number of halogens is 5. The number of rotatable bonds is 4. The first-order chi connectivity index (χ1) is 12.8. The number of carbonyl (C=O) groups is 2. The van der Waals surface area contributed by atoms with Gasteiger partial charge < -0.3 is 14.8 Å². The molecule has 2 aliphatic heterocycles. The molecule has 0 saturated heterocycles. The fourth-order valence-electron chi connectivity index (χ4n) is 3.22. The molecular formula is C17H12F5NO4.